The smallest absolute Gasteiger partial charge is 0.311 e. The van der Waals surface area contributed by atoms with E-state index < -0.39 is 5.41 Å². The molecule has 2 aromatic rings. The molecular formula is C26H33NO3. The number of hydrogen-bond acceptors (Lipinski definition) is 4. The molecule has 2 heterocycles. The predicted molar refractivity (Wildman–Crippen MR) is 119 cm³/mol. The Morgan fingerprint density at radius 3 is 2.47 bits per heavy atom. The molecule has 0 bridgehead atoms. The van der Waals surface area contributed by atoms with E-state index in [0.717, 1.165) is 44.6 Å². The lowest BCUT2D eigenvalue weighted by molar-refractivity contribution is -0.151. The Bertz CT molecular complexity index is 836. The van der Waals surface area contributed by atoms with Crippen LogP contribution in [0, 0.1) is 11.3 Å². The van der Waals surface area contributed by atoms with Gasteiger partial charge in [-0.25, -0.2) is 0 Å². The van der Waals surface area contributed by atoms with Crippen LogP contribution in [0.4, 0.5) is 0 Å². The Morgan fingerprint density at radius 1 is 1.07 bits per heavy atom. The topological polar surface area (TPSA) is 38.8 Å². The molecule has 0 aromatic heterocycles. The van der Waals surface area contributed by atoms with Gasteiger partial charge in [0, 0.05) is 11.5 Å². The lowest BCUT2D eigenvalue weighted by atomic mass is 9.75. The van der Waals surface area contributed by atoms with Gasteiger partial charge in [-0.3, -0.25) is 4.79 Å². The van der Waals surface area contributed by atoms with Gasteiger partial charge in [0.15, 0.2) is 0 Å². The third-order valence-corrected chi connectivity index (χ3v) is 6.92. The highest BCUT2D eigenvalue weighted by Crippen LogP contribution is 2.44. The third-order valence-electron chi connectivity index (χ3n) is 6.92. The maximum Gasteiger partial charge on any atom is 0.311 e. The number of fused-ring (bicyclic) bond motifs is 2. The van der Waals surface area contributed by atoms with Crippen LogP contribution < -0.4 is 4.74 Å². The van der Waals surface area contributed by atoms with E-state index in [1.807, 2.05) is 13.8 Å². The molecule has 2 aliphatic heterocycles. The Morgan fingerprint density at radius 2 is 1.73 bits per heavy atom. The molecule has 1 atom stereocenters. The van der Waals surface area contributed by atoms with Crippen LogP contribution in [0.15, 0.2) is 48.5 Å². The molecular weight excluding hydrogens is 374 g/mol. The van der Waals surface area contributed by atoms with Crippen molar-refractivity contribution in [2.24, 2.45) is 11.3 Å². The molecule has 4 nitrogen and oxygen atoms in total. The minimum Gasteiger partial charge on any atom is -0.489 e. The Kier molecular flexibility index (Phi) is 6.14. The van der Waals surface area contributed by atoms with E-state index in [4.69, 9.17) is 9.47 Å². The molecule has 0 spiro atoms. The third kappa shape index (κ3) is 4.24. The molecule has 2 aliphatic rings. The van der Waals surface area contributed by atoms with E-state index in [1.54, 1.807) is 0 Å². The van der Waals surface area contributed by atoms with Gasteiger partial charge in [-0.15, -0.1) is 0 Å². The van der Waals surface area contributed by atoms with Crippen LogP contribution in [0.5, 0.6) is 5.75 Å². The van der Waals surface area contributed by atoms with Gasteiger partial charge in [-0.1, -0.05) is 42.5 Å². The van der Waals surface area contributed by atoms with Crippen molar-refractivity contribution >= 4 is 5.97 Å². The second-order valence-corrected chi connectivity index (χ2v) is 9.31. The second-order valence-electron chi connectivity index (χ2n) is 9.31. The quantitative estimate of drug-likeness (QED) is 0.653. The van der Waals surface area contributed by atoms with E-state index in [0.29, 0.717) is 18.4 Å². The van der Waals surface area contributed by atoms with Crippen LogP contribution in [0.1, 0.15) is 55.7 Å². The molecule has 0 saturated carbocycles. The molecule has 30 heavy (non-hydrogen) atoms. The first-order valence-electron chi connectivity index (χ1n) is 11.1. The van der Waals surface area contributed by atoms with Gasteiger partial charge >= 0.3 is 5.97 Å². The molecule has 4 rings (SSSR count). The average Bonchev–Trinajstić information content (AvgIpc) is 2.94. The summed E-state index contributed by atoms with van der Waals surface area (Å²) in [6.45, 7) is 7.68. The first-order valence-corrected chi connectivity index (χ1v) is 11.1. The van der Waals surface area contributed by atoms with Gasteiger partial charge < -0.3 is 14.4 Å². The zero-order valence-corrected chi connectivity index (χ0v) is 18.4. The Hall–Kier alpha value is -2.33. The van der Waals surface area contributed by atoms with Gasteiger partial charge in [0.05, 0.1) is 12.5 Å². The normalized spacial score (nSPS) is 19.9. The number of likely N-dealkylation sites (tertiary alicyclic amines) is 1. The zero-order chi connectivity index (χ0) is 21.1. The molecule has 0 N–H and O–H groups in total. The number of piperidine rings is 1. The van der Waals surface area contributed by atoms with Gasteiger partial charge in [0.1, 0.15) is 12.4 Å². The van der Waals surface area contributed by atoms with Crippen LogP contribution in [-0.2, 0) is 16.1 Å². The average molecular weight is 408 g/mol. The van der Waals surface area contributed by atoms with E-state index in [-0.39, 0.29) is 5.97 Å². The molecule has 1 saturated heterocycles. The summed E-state index contributed by atoms with van der Waals surface area (Å²) in [5.74, 6) is 1.89. The summed E-state index contributed by atoms with van der Waals surface area (Å²) in [6, 6.07) is 17.3. The minimum atomic E-state index is -0.428. The molecule has 1 unspecified atom stereocenters. The number of carbonyl (C=O) groups is 1. The summed E-state index contributed by atoms with van der Waals surface area (Å²) in [5, 5.41) is 0. The highest BCUT2D eigenvalue weighted by atomic mass is 16.5. The lowest BCUT2D eigenvalue weighted by Crippen LogP contribution is -2.39. The van der Waals surface area contributed by atoms with Crippen molar-refractivity contribution < 1.29 is 14.3 Å². The highest BCUT2D eigenvalue weighted by Gasteiger charge is 2.34. The minimum absolute atomic E-state index is 0.121. The zero-order valence-electron chi connectivity index (χ0n) is 18.4. The molecule has 1 fully saturated rings. The summed E-state index contributed by atoms with van der Waals surface area (Å²) in [4.78, 5) is 14.5. The van der Waals surface area contributed by atoms with E-state index in [2.05, 4.69) is 53.4 Å². The SMILES string of the molecule is COC(=O)C(C)(C)CCN1CCC(C2c3ccccc3COc3ccccc32)CC1. The van der Waals surface area contributed by atoms with Crippen LogP contribution in [0.25, 0.3) is 0 Å². The standard InChI is InChI=1S/C26H33NO3/c1-26(2,25(28)29-3)14-17-27-15-12-19(13-16-27)24-21-9-5-4-8-20(21)18-30-23-11-7-6-10-22(23)24/h4-11,19,24H,12-18H2,1-3H3. The van der Waals surface area contributed by atoms with Gasteiger partial charge in [-0.2, -0.15) is 0 Å². The number of rotatable bonds is 5. The summed E-state index contributed by atoms with van der Waals surface area (Å²) < 4.78 is 11.1. The number of para-hydroxylation sites is 1. The number of esters is 1. The van der Waals surface area contributed by atoms with E-state index in [1.165, 1.54) is 23.8 Å². The van der Waals surface area contributed by atoms with Gasteiger partial charge in [0.2, 0.25) is 0 Å². The fourth-order valence-electron chi connectivity index (χ4n) is 4.99. The van der Waals surface area contributed by atoms with Crippen molar-refractivity contribution in [1.82, 2.24) is 4.90 Å². The lowest BCUT2D eigenvalue weighted by Gasteiger charge is -2.37. The van der Waals surface area contributed by atoms with Gasteiger partial charge in [-0.05, 0) is 75.9 Å². The van der Waals surface area contributed by atoms with Crippen molar-refractivity contribution in [1.29, 1.82) is 0 Å². The monoisotopic (exact) mass is 407 g/mol. The van der Waals surface area contributed by atoms with E-state index >= 15 is 0 Å². The summed E-state index contributed by atoms with van der Waals surface area (Å²) in [6.07, 6.45) is 3.14. The Labute approximate surface area is 180 Å². The number of nitrogens with zero attached hydrogens (tertiary/aromatic N) is 1. The second kappa shape index (κ2) is 8.81. The number of benzene rings is 2. The molecule has 0 radical (unpaired) electrons. The summed E-state index contributed by atoms with van der Waals surface area (Å²) in [5.41, 5.74) is 3.63. The number of hydrogen-bond donors (Lipinski definition) is 0. The summed E-state index contributed by atoms with van der Waals surface area (Å²) in [7, 11) is 1.47. The molecule has 160 valence electrons. The van der Waals surface area contributed by atoms with Crippen molar-refractivity contribution in [2.45, 2.75) is 45.6 Å². The van der Waals surface area contributed by atoms with Crippen molar-refractivity contribution in [3.8, 4) is 5.75 Å². The number of carbonyl (C=O) groups excluding carboxylic acids is 1. The fraction of sp³-hybridized carbons (Fsp3) is 0.500. The maximum atomic E-state index is 12.0. The highest BCUT2D eigenvalue weighted by molar-refractivity contribution is 5.75. The van der Waals surface area contributed by atoms with Crippen molar-refractivity contribution in [3.63, 3.8) is 0 Å². The van der Waals surface area contributed by atoms with Crippen LogP contribution in [0.2, 0.25) is 0 Å². The first kappa shape index (κ1) is 20.9. The predicted octanol–water partition coefficient (Wildman–Crippen LogP) is 5.01. The Balaban J connectivity index is 1.48. The summed E-state index contributed by atoms with van der Waals surface area (Å²) >= 11 is 0. The molecule has 2 aromatic carbocycles. The van der Waals surface area contributed by atoms with Crippen LogP contribution in [0.3, 0.4) is 0 Å². The fourth-order valence-corrected chi connectivity index (χ4v) is 4.99. The maximum absolute atomic E-state index is 12.0. The largest absolute Gasteiger partial charge is 0.489 e. The first-order chi connectivity index (χ1) is 14.5. The number of ether oxygens (including phenoxy) is 2. The van der Waals surface area contributed by atoms with Crippen LogP contribution in [-0.4, -0.2) is 37.6 Å². The molecule has 0 aliphatic carbocycles. The molecule has 4 heteroatoms. The molecule has 0 amide bonds. The van der Waals surface area contributed by atoms with Crippen molar-refractivity contribution in [2.75, 3.05) is 26.7 Å². The van der Waals surface area contributed by atoms with Gasteiger partial charge in [0.25, 0.3) is 0 Å². The van der Waals surface area contributed by atoms with E-state index in [9.17, 15) is 4.79 Å². The number of methoxy groups -OCH3 is 1. The van der Waals surface area contributed by atoms with Crippen molar-refractivity contribution in [3.05, 3.63) is 65.2 Å². The van der Waals surface area contributed by atoms with Crippen LogP contribution >= 0.6 is 0 Å².